The number of benzene rings is 1. The molecule has 1 aliphatic heterocycles. The number of carbonyl (C=O) groups excluding carboxylic acids is 1. The monoisotopic (exact) mass is 271 g/mol. The molecule has 0 aliphatic carbocycles. The molecule has 20 heavy (non-hydrogen) atoms. The van der Waals surface area contributed by atoms with Crippen molar-refractivity contribution in [3.63, 3.8) is 0 Å². The highest BCUT2D eigenvalue weighted by molar-refractivity contribution is 5.92. The van der Waals surface area contributed by atoms with Crippen LogP contribution in [0, 0.1) is 6.92 Å². The summed E-state index contributed by atoms with van der Waals surface area (Å²) < 4.78 is 4.91. The summed E-state index contributed by atoms with van der Waals surface area (Å²) in [6.07, 6.45) is 1.03. The molecular weight excluding hydrogens is 254 g/mol. The van der Waals surface area contributed by atoms with Crippen molar-refractivity contribution >= 4 is 5.91 Å². The van der Waals surface area contributed by atoms with Crippen LogP contribution in [0.2, 0.25) is 0 Å². The second-order valence-corrected chi connectivity index (χ2v) is 4.99. The first-order valence-electron chi connectivity index (χ1n) is 6.77. The Labute approximate surface area is 117 Å². The topological polar surface area (TPSA) is 67.2 Å². The third-order valence-corrected chi connectivity index (χ3v) is 3.54. The van der Waals surface area contributed by atoms with Crippen molar-refractivity contribution in [2.45, 2.75) is 19.4 Å². The van der Waals surface area contributed by atoms with E-state index >= 15 is 0 Å². The van der Waals surface area contributed by atoms with E-state index in [0.29, 0.717) is 18.0 Å². The zero-order valence-electron chi connectivity index (χ0n) is 11.3. The minimum absolute atomic E-state index is 0.150. The molecule has 0 radical (unpaired) electrons. The summed E-state index contributed by atoms with van der Waals surface area (Å²) in [5, 5.41) is 10.0. The Bertz CT molecular complexity index is 621. The third kappa shape index (κ3) is 2.58. The van der Waals surface area contributed by atoms with Crippen LogP contribution in [0.1, 0.15) is 33.4 Å². The smallest absolute Gasteiger partial charge is 0.273 e. The van der Waals surface area contributed by atoms with E-state index in [4.69, 9.17) is 4.52 Å². The highest BCUT2D eigenvalue weighted by Crippen LogP contribution is 2.21. The predicted molar refractivity (Wildman–Crippen MR) is 74.5 cm³/mol. The molecule has 5 heteroatoms. The van der Waals surface area contributed by atoms with Gasteiger partial charge in [0, 0.05) is 18.7 Å². The zero-order chi connectivity index (χ0) is 13.9. The molecule has 1 aromatic heterocycles. The van der Waals surface area contributed by atoms with Crippen molar-refractivity contribution in [3.05, 3.63) is 52.9 Å². The average molecular weight is 271 g/mol. The minimum Gasteiger partial charge on any atom is -0.361 e. The lowest BCUT2D eigenvalue weighted by Gasteiger charge is -2.26. The number of fused-ring (bicyclic) bond motifs is 1. The fourth-order valence-corrected chi connectivity index (χ4v) is 2.53. The average Bonchev–Trinajstić information content (AvgIpc) is 2.91. The Morgan fingerprint density at radius 1 is 1.50 bits per heavy atom. The summed E-state index contributed by atoms with van der Waals surface area (Å²) in [4.78, 5) is 12.0. The summed E-state index contributed by atoms with van der Waals surface area (Å²) in [5.74, 6) is 0.433. The van der Waals surface area contributed by atoms with Crippen LogP contribution < -0.4 is 10.6 Å². The molecule has 1 aliphatic rings. The van der Waals surface area contributed by atoms with Gasteiger partial charge in [-0.2, -0.15) is 0 Å². The largest absolute Gasteiger partial charge is 0.361 e. The van der Waals surface area contributed by atoms with Gasteiger partial charge in [0.15, 0.2) is 5.69 Å². The molecule has 1 amide bonds. The van der Waals surface area contributed by atoms with Crippen molar-refractivity contribution in [2.75, 3.05) is 13.1 Å². The maximum absolute atomic E-state index is 12.0. The molecule has 0 bridgehead atoms. The number of amides is 1. The standard InChI is InChI=1S/C15H17N3O2/c1-10-8-13(18-20-10)15(19)17-9-14-12-5-3-2-4-11(12)6-7-16-14/h2-5,8,14,16H,6-7,9H2,1H3,(H,17,19). The lowest BCUT2D eigenvalue weighted by molar-refractivity contribution is 0.0940. The van der Waals surface area contributed by atoms with Crippen LogP contribution in [0.5, 0.6) is 0 Å². The molecule has 2 heterocycles. The molecule has 1 unspecified atom stereocenters. The molecule has 2 N–H and O–H groups in total. The molecule has 0 fully saturated rings. The van der Waals surface area contributed by atoms with E-state index in [9.17, 15) is 4.79 Å². The predicted octanol–water partition coefficient (Wildman–Crippen LogP) is 1.60. The van der Waals surface area contributed by atoms with Crippen LogP contribution in [-0.4, -0.2) is 24.2 Å². The second kappa shape index (κ2) is 5.46. The highest BCUT2D eigenvalue weighted by atomic mass is 16.5. The fraction of sp³-hybridized carbons (Fsp3) is 0.333. The Balaban J connectivity index is 1.66. The van der Waals surface area contributed by atoms with Crippen LogP contribution in [0.25, 0.3) is 0 Å². The van der Waals surface area contributed by atoms with E-state index in [1.807, 2.05) is 6.07 Å². The number of nitrogens with zero attached hydrogens (tertiary/aromatic N) is 1. The van der Waals surface area contributed by atoms with E-state index in [1.165, 1.54) is 11.1 Å². The summed E-state index contributed by atoms with van der Waals surface area (Å²) in [5.41, 5.74) is 2.93. The van der Waals surface area contributed by atoms with Gasteiger partial charge in [0.1, 0.15) is 5.76 Å². The van der Waals surface area contributed by atoms with Crippen LogP contribution in [0.15, 0.2) is 34.9 Å². The summed E-state index contributed by atoms with van der Waals surface area (Å²) in [7, 11) is 0. The van der Waals surface area contributed by atoms with Crippen molar-refractivity contribution < 1.29 is 9.32 Å². The molecule has 0 saturated carbocycles. The van der Waals surface area contributed by atoms with Gasteiger partial charge in [-0.05, 0) is 31.0 Å². The van der Waals surface area contributed by atoms with E-state index in [1.54, 1.807) is 13.0 Å². The molecule has 0 saturated heterocycles. The zero-order valence-corrected chi connectivity index (χ0v) is 11.3. The molecule has 1 atom stereocenters. The maximum Gasteiger partial charge on any atom is 0.273 e. The van der Waals surface area contributed by atoms with Gasteiger partial charge in [-0.1, -0.05) is 29.4 Å². The van der Waals surface area contributed by atoms with Gasteiger partial charge in [-0.25, -0.2) is 0 Å². The minimum atomic E-state index is -0.202. The molecule has 1 aromatic carbocycles. The van der Waals surface area contributed by atoms with Crippen LogP contribution in [0.4, 0.5) is 0 Å². The quantitative estimate of drug-likeness (QED) is 0.890. The van der Waals surface area contributed by atoms with E-state index in [2.05, 4.69) is 34.0 Å². The highest BCUT2D eigenvalue weighted by Gasteiger charge is 2.20. The van der Waals surface area contributed by atoms with E-state index in [0.717, 1.165) is 13.0 Å². The third-order valence-electron chi connectivity index (χ3n) is 3.54. The molecule has 104 valence electrons. The Hall–Kier alpha value is -2.14. The van der Waals surface area contributed by atoms with Gasteiger partial charge < -0.3 is 15.2 Å². The number of hydrogen-bond acceptors (Lipinski definition) is 4. The number of carbonyl (C=O) groups is 1. The van der Waals surface area contributed by atoms with E-state index < -0.39 is 0 Å². The first kappa shape index (κ1) is 12.9. The molecule has 5 nitrogen and oxygen atoms in total. The lowest BCUT2D eigenvalue weighted by Crippen LogP contribution is -2.38. The molecule has 3 rings (SSSR count). The Morgan fingerprint density at radius 2 is 2.35 bits per heavy atom. The number of nitrogens with one attached hydrogen (secondary N) is 2. The van der Waals surface area contributed by atoms with Crippen molar-refractivity contribution in [1.29, 1.82) is 0 Å². The van der Waals surface area contributed by atoms with Gasteiger partial charge in [-0.3, -0.25) is 4.79 Å². The molecule has 2 aromatic rings. The number of aryl methyl sites for hydroxylation is 1. The van der Waals surface area contributed by atoms with Gasteiger partial charge in [-0.15, -0.1) is 0 Å². The molecular formula is C15H17N3O2. The van der Waals surface area contributed by atoms with Gasteiger partial charge in [0.25, 0.3) is 5.91 Å². The molecule has 0 spiro atoms. The number of rotatable bonds is 3. The van der Waals surface area contributed by atoms with E-state index in [-0.39, 0.29) is 11.9 Å². The van der Waals surface area contributed by atoms with Gasteiger partial charge in [0.05, 0.1) is 0 Å². The van der Waals surface area contributed by atoms with Crippen LogP contribution >= 0.6 is 0 Å². The second-order valence-electron chi connectivity index (χ2n) is 4.99. The first-order valence-corrected chi connectivity index (χ1v) is 6.77. The van der Waals surface area contributed by atoms with Crippen molar-refractivity contribution in [3.8, 4) is 0 Å². The summed E-state index contributed by atoms with van der Waals surface area (Å²) in [6, 6.07) is 10.1. The Kier molecular flexibility index (Phi) is 3.52. The first-order chi connectivity index (χ1) is 9.74. The van der Waals surface area contributed by atoms with Crippen LogP contribution in [-0.2, 0) is 6.42 Å². The Morgan fingerprint density at radius 3 is 3.15 bits per heavy atom. The SMILES string of the molecule is Cc1cc(C(=O)NCC2NCCc3ccccc32)no1. The normalized spacial score (nSPS) is 17.6. The van der Waals surface area contributed by atoms with Crippen molar-refractivity contribution in [2.24, 2.45) is 0 Å². The fourth-order valence-electron chi connectivity index (χ4n) is 2.53. The van der Waals surface area contributed by atoms with Gasteiger partial charge >= 0.3 is 0 Å². The summed E-state index contributed by atoms with van der Waals surface area (Å²) in [6.45, 7) is 3.24. The number of hydrogen-bond donors (Lipinski definition) is 2. The summed E-state index contributed by atoms with van der Waals surface area (Å²) >= 11 is 0. The lowest BCUT2D eigenvalue weighted by atomic mass is 9.94. The van der Waals surface area contributed by atoms with Crippen LogP contribution in [0.3, 0.4) is 0 Å². The van der Waals surface area contributed by atoms with Crippen molar-refractivity contribution in [1.82, 2.24) is 15.8 Å². The maximum atomic E-state index is 12.0. The van der Waals surface area contributed by atoms with Gasteiger partial charge in [0.2, 0.25) is 0 Å². The number of aromatic nitrogens is 1.